The second-order valence-corrected chi connectivity index (χ2v) is 2.86. The first kappa shape index (κ1) is 38.9. The topological polar surface area (TPSA) is 347 Å². The van der Waals surface area contributed by atoms with Crippen LogP contribution < -0.4 is 30.6 Å². The Bertz CT molecular complexity index is 561. The van der Waals surface area contributed by atoms with Crippen LogP contribution in [0, 0.1) is 0 Å². The van der Waals surface area contributed by atoms with E-state index >= 15 is 0 Å². The van der Waals surface area contributed by atoms with Crippen molar-refractivity contribution in [2.75, 3.05) is 0 Å². The molecule has 0 saturated carbocycles. The van der Waals surface area contributed by atoms with Crippen molar-refractivity contribution in [1.82, 2.24) is 0 Å². The van der Waals surface area contributed by atoms with Crippen LogP contribution >= 0.6 is 0 Å². The Hall–Kier alpha value is -3.63. The number of carbonyl (C=O) groups is 9. The molecule has 0 atom stereocenters. The molecular formula is C9O21Sc2. The molecule has 0 aromatic carbocycles. The van der Waals surface area contributed by atoms with Gasteiger partial charge in [-0.25, -0.2) is 14.4 Å². The summed E-state index contributed by atoms with van der Waals surface area (Å²) in [6, 6.07) is 0. The van der Waals surface area contributed by atoms with Crippen molar-refractivity contribution in [2.45, 2.75) is 0 Å². The summed E-state index contributed by atoms with van der Waals surface area (Å²) in [5.41, 5.74) is 0. The smallest absolute Gasteiger partial charge is 0.467 e. The third kappa shape index (κ3) is 40.9. The van der Waals surface area contributed by atoms with Crippen LogP contribution in [0.1, 0.15) is 0 Å². The molecule has 0 rings (SSSR count). The van der Waals surface area contributed by atoms with Crippen LogP contribution in [0.25, 0.3) is 0 Å². The Morgan fingerprint density at radius 1 is 0.312 bits per heavy atom. The molecule has 0 fully saturated rings. The number of hydrogen-bond donors (Lipinski definition) is 0. The van der Waals surface area contributed by atoms with Gasteiger partial charge in [-0.2, -0.15) is 0 Å². The SMILES string of the molecule is O=C([O-])OC(=O)OC(=O)[O-].O=C([O-])OC(=O)OC(=O)[O-].O=C([O-])OC(=O)OC(=O)[O-].[Sc+3].[Sc+3]. The summed E-state index contributed by atoms with van der Waals surface area (Å²) in [6.45, 7) is 0. The summed E-state index contributed by atoms with van der Waals surface area (Å²) >= 11 is 0. The molecule has 0 radical (unpaired) electrons. The summed E-state index contributed by atoms with van der Waals surface area (Å²) in [5.74, 6) is 0. The van der Waals surface area contributed by atoms with Crippen molar-refractivity contribution >= 4 is 55.4 Å². The van der Waals surface area contributed by atoms with E-state index in [2.05, 4.69) is 28.4 Å². The fraction of sp³-hybridized carbons (Fsp3) is 0. The second kappa shape index (κ2) is 22.1. The maximum Gasteiger partial charge on any atom is 3.00 e. The van der Waals surface area contributed by atoms with E-state index in [1.807, 2.05) is 0 Å². The molecule has 23 heteroatoms. The minimum atomic E-state index is -2.20. The van der Waals surface area contributed by atoms with E-state index in [0.29, 0.717) is 0 Å². The van der Waals surface area contributed by atoms with Gasteiger partial charge in [0.1, 0.15) is 0 Å². The normalized spacial score (nSPS) is 7.50. The molecule has 0 aromatic rings. The minimum Gasteiger partial charge on any atom is -0.467 e. The van der Waals surface area contributed by atoms with Crippen LogP contribution in [0.4, 0.5) is 43.2 Å². The van der Waals surface area contributed by atoms with Gasteiger partial charge < -0.3 is 87.8 Å². The van der Waals surface area contributed by atoms with Crippen LogP contribution in [0.15, 0.2) is 0 Å². The van der Waals surface area contributed by atoms with E-state index in [1.54, 1.807) is 0 Å². The van der Waals surface area contributed by atoms with Gasteiger partial charge in [0.15, 0.2) is 0 Å². The first-order valence-electron chi connectivity index (χ1n) is 5.51. The van der Waals surface area contributed by atoms with Gasteiger partial charge in [-0.15, -0.1) is 0 Å². The van der Waals surface area contributed by atoms with Crippen LogP contribution in [0.5, 0.6) is 0 Å². The van der Waals surface area contributed by atoms with Crippen molar-refractivity contribution in [3.05, 3.63) is 0 Å². The zero-order valence-electron chi connectivity index (χ0n) is 14.2. The molecule has 0 amide bonds. The van der Waals surface area contributed by atoms with Crippen molar-refractivity contribution in [3.63, 3.8) is 0 Å². The predicted molar refractivity (Wildman–Crippen MR) is 55.1 cm³/mol. The van der Waals surface area contributed by atoms with Crippen molar-refractivity contribution in [1.29, 1.82) is 0 Å². The molecular weight excluding hydrogens is 534 g/mol. The van der Waals surface area contributed by atoms with Gasteiger partial charge >= 0.3 is 70.2 Å². The van der Waals surface area contributed by atoms with Gasteiger partial charge in [0.2, 0.25) is 0 Å². The molecule has 168 valence electrons. The van der Waals surface area contributed by atoms with Gasteiger partial charge in [0, 0.05) is 0 Å². The summed E-state index contributed by atoms with van der Waals surface area (Å²) in [4.78, 5) is 85.4. The Labute approximate surface area is 208 Å². The summed E-state index contributed by atoms with van der Waals surface area (Å²) in [6.07, 6.45) is -19.0. The number of rotatable bonds is 0. The molecule has 0 bridgehead atoms. The van der Waals surface area contributed by atoms with Crippen LogP contribution in [0.3, 0.4) is 0 Å². The van der Waals surface area contributed by atoms with E-state index in [0.717, 1.165) is 0 Å². The minimum absolute atomic E-state index is 0. The largest absolute Gasteiger partial charge is 3.00 e. The standard InChI is InChI=1S/3C3H2O7.2Sc/c3*4-1(5)9-3(8)10-2(6)7;;/h3*(H,4,5)(H,6,7);;/q;;;2*+3/p-6. The van der Waals surface area contributed by atoms with Crippen LogP contribution in [0.2, 0.25) is 0 Å². The first-order valence-corrected chi connectivity index (χ1v) is 5.51. The second-order valence-electron chi connectivity index (χ2n) is 2.86. The average molecular weight is 534 g/mol. The van der Waals surface area contributed by atoms with E-state index < -0.39 is 55.4 Å². The maximum absolute atomic E-state index is 9.78. The Morgan fingerprint density at radius 2 is 0.406 bits per heavy atom. The summed E-state index contributed by atoms with van der Waals surface area (Å²) < 4.78 is 18.5. The van der Waals surface area contributed by atoms with Gasteiger partial charge in [-0.1, -0.05) is 0 Å². The van der Waals surface area contributed by atoms with Crippen molar-refractivity contribution in [2.24, 2.45) is 0 Å². The number of carbonyl (C=O) groups excluding carboxylic acids is 9. The van der Waals surface area contributed by atoms with Gasteiger partial charge in [-0.05, 0) is 0 Å². The first-order chi connectivity index (χ1) is 13.6. The Morgan fingerprint density at radius 3 is 0.469 bits per heavy atom. The molecule has 0 saturated heterocycles. The van der Waals surface area contributed by atoms with Crippen LogP contribution in [-0.4, -0.2) is 55.4 Å². The fourth-order valence-electron chi connectivity index (χ4n) is 0.471. The molecule has 32 heavy (non-hydrogen) atoms. The monoisotopic (exact) mass is 534 g/mol. The van der Waals surface area contributed by atoms with Gasteiger partial charge in [0.25, 0.3) is 36.9 Å². The van der Waals surface area contributed by atoms with E-state index in [4.69, 9.17) is 0 Å². The quantitative estimate of drug-likeness (QED) is 0.158. The molecule has 21 nitrogen and oxygen atoms in total. The van der Waals surface area contributed by atoms with Gasteiger partial charge in [-0.3, -0.25) is 0 Å². The van der Waals surface area contributed by atoms with E-state index in [-0.39, 0.29) is 51.7 Å². The molecule has 0 heterocycles. The zero-order valence-corrected chi connectivity index (χ0v) is 17.8. The predicted octanol–water partition coefficient (Wildman–Crippen LogP) is -6.53. The van der Waals surface area contributed by atoms with Gasteiger partial charge in [0.05, 0.1) is 0 Å². The summed E-state index contributed by atoms with van der Waals surface area (Å²) in [5, 5.41) is 56.1. The Kier molecular flexibility index (Phi) is 26.8. The van der Waals surface area contributed by atoms with E-state index in [1.165, 1.54) is 0 Å². The number of hydrogen-bond acceptors (Lipinski definition) is 21. The third-order valence-electron chi connectivity index (χ3n) is 1.000. The molecule has 0 aliphatic heterocycles. The molecule has 0 aliphatic carbocycles. The Balaban J connectivity index is -0.000000110. The van der Waals surface area contributed by atoms with Crippen molar-refractivity contribution in [3.8, 4) is 0 Å². The average Bonchev–Trinajstić information content (AvgIpc) is 2.42. The number of carboxylic acid groups (broad SMARTS) is 6. The molecule has 0 aliphatic rings. The maximum atomic E-state index is 9.78. The number of ether oxygens (including phenoxy) is 6. The molecule has 0 spiro atoms. The zero-order chi connectivity index (χ0) is 24.4. The van der Waals surface area contributed by atoms with Crippen LogP contribution in [-0.2, 0) is 80.1 Å². The van der Waals surface area contributed by atoms with Crippen molar-refractivity contribution < 1.29 is 154 Å². The van der Waals surface area contributed by atoms with E-state index in [9.17, 15) is 73.8 Å². The summed E-state index contributed by atoms with van der Waals surface area (Å²) in [7, 11) is 0. The molecule has 0 aromatic heterocycles. The molecule has 0 unspecified atom stereocenters. The molecule has 0 N–H and O–H groups in total. The third-order valence-corrected chi connectivity index (χ3v) is 1.000. The fourth-order valence-corrected chi connectivity index (χ4v) is 0.471.